The van der Waals surface area contributed by atoms with Crippen LogP contribution >= 0.6 is 0 Å². The first-order valence-electron chi connectivity index (χ1n) is 5.56. The van der Waals surface area contributed by atoms with Gasteiger partial charge in [0, 0.05) is 19.4 Å². The van der Waals surface area contributed by atoms with Crippen LogP contribution in [0.5, 0.6) is 0 Å². The van der Waals surface area contributed by atoms with E-state index in [9.17, 15) is 14.4 Å². The van der Waals surface area contributed by atoms with Crippen LogP contribution in [0.15, 0.2) is 0 Å². The van der Waals surface area contributed by atoms with Crippen LogP contribution in [0.4, 0.5) is 0 Å². The number of hydrogen-bond acceptors (Lipinski definition) is 4. The number of nitrogens with zero attached hydrogens (tertiary/aromatic N) is 1. The standard InChI is InChI=1S/C11H18N2O4/c1-11(2)5-9(16)13(10(17)6-11)7-8(15)12-3-4-14/h14H,3-7H2,1-2H3,(H,12,15). The molecule has 3 amide bonds. The monoisotopic (exact) mass is 242 g/mol. The van der Waals surface area contributed by atoms with E-state index in [-0.39, 0.29) is 49.8 Å². The highest BCUT2D eigenvalue weighted by molar-refractivity contribution is 6.01. The molecular weight excluding hydrogens is 224 g/mol. The largest absolute Gasteiger partial charge is 0.395 e. The van der Waals surface area contributed by atoms with Crippen molar-refractivity contribution >= 4 is 17.7 Å². The van der Waals surface area contributed by atoms with Crippen molar-refractivity contribution in [2.75, 3.05) is 19.7 Å². The number of imide groups is 1. The molecule has 6 heteroatoms. The highest BCUT2D eigenvalue weighted by atomic mass is 16.3. The molecule has 17 heavy (non-hydrogen) atoms. The maximum Gasteiger partial charge on any atom is 0.240 e. The molecule has 1 aliphatic rings. The molecule has 1 aliphatic heterocycles. The minimum atomic E-state index is -0.430. The molecule has 1 fully saturated rings. The summed E-state index contributed by atoms with van der Waals surface area (Å²) in [7, 11) is 0. The molecule has 1 heterocycles. The molecule has 0 aromatic heterocycles. The van der Waals surface area contributed by atoms with Crippen LogP contribution in [0.25, 0.3) is 0 Å². The molecule has 2 N–H and O–H groups in total. The van der Waals surface area contributed by atoms with Crippen molar-refractivity contribution in [3.05, 3.63) is 0 Å². The second kappa shape index (κ2) is 5.27. The quantitative estimate of drug-likeness (QED) is 0.636. The summed E-state index contributed by atoms with van der Waals surface area (Å²) in [6.07, 6.45) is 0.540. The van der Waals surface area contributed by atoms with E-state index >= 15 is 0 Å². The van der Waals surface area contributed by atoms with E-state index in [4.69, 9.17) is 5.11 Å². The predicted octanol–water partition coefficient (Wildman–Crippen LogP) is -0.730. The van der Waals surface area contributed by atoms with Gasteiger partial charge in [-0.2, -0.15) is 0 Å². The van der Waals surface area contributed by atoms with Gasteiger partial charge in [-0.1, -0.05) is 13.8 Å². The normalized spacial score (nSPS) is 19.4. The van der Waals surface area contributed by atoms with Gasteiger partial charge in [-0.25, -0.2) is 0 Å². The highest BCUT2D eigenvalue weighted by Crippen LogP contribution is 2.31. The Morgan fingerprint density at radius 1 is 1.35 bits per heavy atom. The number of carbonyl (C=O) groups excluding carboxylic acids is 3. The van der Waals surface area contributed by atoms with Crippen molar-refractivity contribution in [1.29, 1.82) is 0 Å². The zero-order chi connectivity index (χ0) is 13.1. The molecular formula is C11H18N2O4. The van der Waals surface area contributed by atoms with E-state index in [1.165, 1.54) is 0 Å². The summed E-state index contributed by atoms with van der Waals surface area (Å²) < 4.78 is 0. The van der Waals surface area contributed by atoms with Crippen molar-refractivity contribution in [2.24, 2.45) is 5.41 Å². The molecule has 0 atom stereocenters. The summed E-state index contributed by atoms with van der Waals surface area (Å²) in [5, 5.41) is 10.9. The van der Waals surface area contributed by atoms with Crippen molar-refractivity contribution < 1.29 is 19.5 Å². The van der Waals surface area contributed by atoms with Gasteiger partial charge in [0.2, 0.25) is 17.7 Å². The lowest BCUT2D eigenvalue weighted by atomic mass is 9.82. The fourth-order valence-corrected chi connectivity index (χ4v) is 1.78. The van der Waals surface area contributed by atoms with Gasteiger partial charge in [-0.15, -0.1) is 0 Å². The van der Waals surface area contributed by atoms with Gasteiger partial charge in [-0.05, 0) is 5.41 Å². The first-order chi connectivity index (χ1) is 7.85. The van der Waals surface area contributed by atoms with Crippen molar-refractivity contribution in [3.8, 4) is 0 Å². The maximum absolute atomic E-state index is 11.7. The van der Waals surface area contributed by atoms with Gasteiger partial charge >= 0.3 is 0 Å². The maximum atomic E-state index is 11.7. The summed E-state index contributed by atoms with van der Waals surface area (Å²) in [6.45, 7) is 3.41. The topological polar surface area (TPSA) is 86.7 Å². The first-order valence-corrected chi connectivity index (χ1v) is 5.56. The Morgan fingerprint density at radius 3 is 2.35 bits per heavy atom. The van der Waals surface area contributed by atoms with Crippen LogP contribution in [0, 0.1) is 5.41 Å². The minimum absolute atomic E-state index is 0.126. The van der Waals surface area contributed by atoms with Gasteiger partial charge in [0.05, 0.1) is 6.61 Å². The van der Waals surface area contributed by atoms with Crippen molar-refractivity contribution in [1.82, 2.24) is 10.2 Å². The molecule has 0 aliphatic carbocycles. The number of carbonyl (C=O) groups is 3. The third-order valence-electron chi connectivity index (χ3n) is 2.60. The predicted molar refractivity (Wildman–Crippen MR) is 59.8 cm³/mol. The molecule has 1 rings (SSSR count). The summed E-state index contributed by atoms with van der Waals surface area (Å²) in [4.78, 5) is 35.7. The van der Waals surface area contributed by atoms with E-state index in [1.54, 1.807) is 0 Å². The lowest BCUT2D eigenvalue weighted by molar-refractivity contribution is -0.154. The van der Waals surface area contributed by atoms with Crippen LogP contribution in [-0.4, -0.2) is 47.4 Å². The Morgan fingerprint density at radius 2 is 1.88 bits per heavy atom. The SMILES string of the molecule is CC1(C)CC(=O)N(CC(=O)NCCO)C(=O)C1. The number of rotatable bonds is 4. The van der Waals surface area contributed by atoms with Crippen LogP contribution in [-0.2, 0) is 14.4 Å². The number of hydrogen-bond donors (Lipinski definition) is 2. The number of likely N-dealkylation sites (tertiary alicyclic amines) is 1. The Balaban J connectivity index is 2.57. The molecule has 0 saturated carbocycles. The minimum Gasteiger partial charge on any atom is -0.395 e. The summed E-state index contributed by atoms with van der Waals surface area (Å²) in [5.74, 6) is -1.06. The molecule has 0 radical (unpaired) electrons. The summed E-state index contributed by atoms with van der Waals surface area (Å²) in [6, 6.07) is 0. The van der Waals surface area contributed by atoms with Crippen LogP contribution < -0.4 is 5.32 Å². The zero-order valence-corrected chi connectivity index (χ0v) is 10.2. The Kier molecular flexibility index (Phi) is 4.22. The number of aliphatic hydroxyl groups excluding tert-OH is 1. The lowest BCUT2D eigenvalue weighted by Gasteiger charge is -2.34. The average Bonchev–Trinajstić information content (AvgIpc) is 2.19. The van der Waals surface area contributed by atoms with Crippen molar-refractivity contribution in [3.63, 3.8) is 0 Å². The highest BCUT2D eigenvalue weighted by Gasteiger charge is 2.37. The van der Waals surface area contributed by atoms with Gasteiger partial charge in [0.25, 0.3) is 0 Å². The first kappa shape index (κ1) is 13.6. The van der Waals surface area contributed by atoms with E-state index in [0.29, 0.717) is 0 Å². The van der Waals surface area contributed by atoms with Gasteiger partial charge in [0.1, 0.15) is 6.54 Å². The molecule has 6 nitrogen and oxygen atoms in total. The van der Waals surface area contributed by atoms with Crippen molar-refractivity contribution in [2.45, 2.75) is 26.7 Å². The second-order valence-electron chi connectivity index (χ2n) is 4.96. The smallest absolute Gasteiger partial charge is 0.240 e. The second-order valence-corrected chi connectivity index (χ2v) is 4.96. The Bertz CT molecular complexity index is 318. The lowest BCUT2D eigenvalue weighted by Crippen LogP contribution is -2.50. The van der Waals surface area contributed by atoms with Crippen LogP contribution in [0.2, 0.25) is 0 Å². The molecule has 0 aromatic carbocycles. The van der Waals surface area contributed by atoms with E-state index in [0.717, 1.165) is 4.90 Å². The average molecular weight is 242 g/mol. The van der Waals surface area contributed by atoms with E-state index in [2.05, 4.69) is 5.32 Å². The summed E-state index contributed by atoms with van der Waals surface area (Å²) in [5.41, 5.74) is -0.327. The summed E-state index contributed by atoms with van der Waals surface area (Å²) >= 11 is 0. The van der Waals surface area contributed by atoms with Crippen LogP contribution in [0.1, 0.15) is 26.7 Å². The number of aliphatic hydroxyl groups is 1. The fraction of sp³-hybridized carbons (Fsp3) is 0.727. The fourth-order valence-electron chi connectivity index (χ4n) is 1.78. The molecule has 1 saturated heterocycles. The zero-order valence-electron chi connectivity index (χ0n) is 10.2. The third kappa shape index (κ3) is 3.81. The van der Waals surface area contributed by atoms with Gasteiger partial charge in [-0.3, -0.25) is 19.3 Å². The van der Waals surface area contributed by atoms with E-state index in [1.807, 2.05) is 13.8 Å². The van der Waals surface area contributed by atoms with Crippen LogP contribution in [0.3, 0.4) is 0 Å². The number of piperidine rings is 1. The molecule has 0 spiro atoms. The van der Waals surface area contributed by atoms with Gasteiger partial charge in [0.15, 0.2) is 0 Å². The molecule has 0 bridgehead atoms. The Hall–Kier alpha value is -1.43. The van der Waals surface area contributed by atoms with Gasteiger partial charge < -0.3 is 10.4 Å². The van der Waals surface area contributed by atoms with E-state index < -0.39 is 5.91 Å². The third-order valence-corrected chi connectivity index (χ3v) is 2.60. The Labute approximate surface area is 100.0 Å². The molecule has 0 aromatic rings. The number of nitrogens with one attached hydrogen (secondary N) is 1. The number of amides is 3. The molecule has 96 valence electrons. The molecule has 0 unspecified atom stereocenters.